The van der Waals surface area contributed by atoms with Crippen molar-refractivity contribution < 1.29 is 14.3 Å². The molecule has 0 saturated carbocycles. The number of primary amides is 1. The SMILES string of the molecule is Cc1cc(Oc2ccc(C(N)=O)cc2)nc([C@@H]2CCCCN2C(=O)CN(C)C2CCN(C)CC2)n1. The molecule has 0 unspecified atom stereocenters. The molecule has 9 nitrogen and oxygen atoms in total. The summed E-state index contributed by atoms with van der Waals surface area (Å²) in [4.78, 5) is 40.6. The average Bonchev–Trinajstić information content (AvgIpc) is 2.84. The Bertz CT molecular complexity index is 1040. The molecule has 0 bridgehead atoms. The molecule has 0 spiro atoms. The van der Waals surface area contributed by atoms with E-state index in [1.807, 2.05) is 11.8 Å². The van der Waals surface area contributed by atoms with Gasteiger partial charge in [-0.25, -0.2) is 4.98 Å². The quantitative estimate of drug-likeness (QED) is 0.650. The van der Waals surface area contributed by atoms with Gasteiger partial charge in [-0.1, -0.05) is 0 Å². The van der Waals surface area contributed by atoms with E-state index in [4.69, 9.17) is 10.5 Å². The summed E-state index contributed by atoms with van der Waals surface area (Å²) in [5.41, 5.74) is 6.51. The van der Waals surface area contributed by atoms with Crippen LogP contribution in [0.5, 0.6) is 11.6 Å². The predicted molar refractivity (Wildman–Crippen MR) is 133 cm³/mol. The Kier molecular flexibility index (Phi) is 7.97. The summed E-state index contributed by atoms with van der Waals surface area (Å²) in [7, 11) is 4.21. The first-order chi connectivity index (χ1) is 16.8. The number of rotatable bonds is 7. The number of carbonyl (C=O) groups is 2. The lowest BCUT2D eigenvalue weighted by Gasteiger charge is -2.38. The molecular weight excluding hydrogens is 444 g/mol. The van der Waals surface area contributed by atoms with Crippen LogP contribution in [0.25, 0.3) is 0 Å². The molecule has 188 valence electrons. The van der Waals surface area contributed by atoms with Crippen molar-refractivity contribution in [1.29, 1.82) is 0 Å². The van der Waals surface area contributed by atoms with E-state index in [1.54, 1.807) is 30.3 Å². The highest BCUT2D eigenvalue weighted by atomic mass is 16.5. The number of ether oxygens (including phenoxy) is 1. The highest BCUT2D eigenvalue weighted by Gasteiger charge is 2.32. The summed E-state index contributed by atoms with van der Waals surface area (Å²) in [5, 5.41) is 0. The van der Waals surface area contributed by atoms with E-state index in [9.17, 15) is 9.59 Å². The molecule has 2 aliphatic heterocycles. The van der Waals surface area contributed by atoms with E-state index in [0.29, 0.717) is 42.1 Å². The van der Waals surface area contributed by atoms with Crippen molar-refractivity contribution in [3.8, 4) is 11.6 Å². The van der Waals surface area contributed by atoms with Gasteiger partial charge in [-0.2, -0.15) is 4.98 Å². The molecule has 9 heteroatoms. The summed E-state index contributed by atoms with van der Waals surface area (Å²) in [5.74, 6) is 1.23. The molecule has 1 aromatic heterocycles. The van der Waals surface area contributed by atoms with Gasteiger partial charge in [0.2, 0.25) is 17.7 Å². The van der Waals surface area contributed by atoms with Crippen molar-refractivity contribution in [2.24, 2.45) is 5.73 Å². The van der Waals surface area contributed by atoms with Crippen LogP contribution in [0.4, 0.5) is 0 Å². The number of aromatic nitrogens is 2. The van der Waals surface area contributed by atoms with Gasteiger partial charge in [0.1, 0.15) is 5.75 Å². The number of likely N-dealkylation sites (tertiary alicyclic amines) is 2. The number of aryl methyl sites for hydroxylation is 1. The standard InChI is InChI=1S/C26H36N6O3/c1-18-16-23(35-21-9-7-19(8-10-21)25(27)34)29-26(28-18)22-6-4-5-13-32(22)24(33)17-31(3)20-11-14-30(2)15-12-20/h7-10,16,20,22H,4-6,11-15,17H2,1-3H3,(H2,27,34)/t22-/m0/s1. The second-order valence-corrected chi connectivity index (χ2v) is 9.74. The zero-order valence-electron chi connectivity index (χ0n) is 20.9. The Morgan fingerprint density at radius 3 is 2.49 bits per heavy atom. The molecule has 2 amide bonds. The van der Waals surface area contributed by atoms with Crippen molar-refractivity contribution >= 4 is 11.8 Å². The summed E-state index contributed by atoms with van der Waals surface area (Å²) in [6.45, 7) is 5.16. The largest absolute Gasteiger partial charge is 0.439 e. The van der Waals surface area contributed by atoms with Gasteiger partial charge in [0.15, 0.2) is 5.82 Å². The van der Waals surface area contributed by atoms with Gasteiger partial charge in [0.05, 0.1) is 12.6 Å². The Morgan fingerprint density at radius 2 is 1.80 bits per heavy atom. The highest BCUT2D eigenvalue weighted by molar-refractivity contribution is 5.92. The third-order valence-electron chi connectivity index (χ3n) is 7.03. The topological polar surface area (TPSA) is 105 Å². The maximum absolute atomic E-state index is 13.4. The lowest BCUT2D eigenvalue weighted by molar-refractivity contribution is -0.137. The Morgan fingerprint density at radius 1 is 1.09 bits per heavy atom. The van der Waals surface area contributed by atoms with Crippen molar-refractivity contribution in [1.82, 2.24) is 24.7 Å². The van der Waals surface area contributed by atoms with Crippen LogP contribution >= 0.6 is 0 Å². The van der Waals surface area contributed by atoms with E-state index < -0.39 is 5.91 Å². The first-order valence-electron chi connectivity index (χ1n) is 12.4. The van der Waals surface area contributed by atoms with Gasteiger partial charge in [0, 0.05) is 29.9 Å². The van der Waals surface area contributed by atoms with Crippen LogP contribution in [-0.2, 0) is 4.79 Å². The maximum atomic E-state index is 13.4. The Balaban J connectivity index is 1.47. The fraction of sp³-hybridized carbons (Fsp3) is 0.538. The number of piperidine rings is 2. The van der Waals surface area contributed by atoms with Gasteiger partial charge in [-0.3, -0.25) is 14.5 Å². The first kappa shape index (κ1) is 25.1. The lowest BCUT2D eigenvalue weighted by Crippen LogP contribution is -2.48. The highest BCUT2D eigenvalue weighted by Crippen LogP contribution is 2.31. The molecule has 2 saturated heterocycles. The van der Waals surface area contributed by atoms with Crippen molar-refractivity contribution in [2.75, 3.05) is 40.3 Å². The van der Waals surface area contributed by atoms with E-state index in [-0.39, 0.29) is 11.9 Å². The van der Waals surface area contributed by atoms with Crippen LogP contribution in [0.15, 0.2) is 30.3 Å². The van der Waals surface area contributed by atoms with E-state index >= 15 is 0 Å². The van der Waals surface area contributed by atoms with Gasteiger partial charge >= 0.3 is 0 Å². The minimum atomic E-state index is -0.486. The molecule has 3 heterocycles. The third kappa shape index (κ3) is 6.35. The van der Waals surface area contributed by atoms with Crippen LogP contribution < -0.4 is 10.5 Å². The maximum Gasteiger partial charge on any atom is 0.248 e. The number of hydrogen-bond acceptors (Lipinski definition) is 7. The number of amides is 2. The molecule has 2 N–H and O–H groups in total. The molecular formula is C26H36N6O3. The normalized spacial score (nSPS) is 19.7. The van der Waals surface area contributed by atoms with Gasteiger partial charge in [-0.05, 0) is 90.5 Å². The summed E-state index contributed by atoms with van der Waals surface area (Å²) < 4.78 is 5.95. The molecule has 0 aliphatic carbocycles. The fourth-order valence-electron chi connectivity index (χ4n) is 4.94. The number of likely N-dealkylation sites (N-methyl/N-ethyl adjacent to an activating group) is 1. The third-order valence-corrected chi connectivity index (χ3v) is 7.03. The van der Waals surface area contributed by atoms with E-state index in [1.165, 1.54) is 0 Å². The Labute approximate surface area is 207 Å². The second kappa shape index (κ2) is 11.1. The first-order valence-corrected chi connectivity index (χ1v) is 12.4. The molecule has 0 radical (unpaired) electrons. The minimum absolute atomic E-state index is 0.130. The molecule has 4 rings (SSSR count). The molecule has 1 atom stereocenters. The Hall–Kier alpha value is -3.04. The predicted octanol–water partition coefficient (Wildman–Crippen LogP) is 2.76. The number of carbonyl (C=O) groups excluding carboxylic acids is 2. The van der Waals surface area contributed by atoms with Gasteiger partial charge < -0.3 is 20.3 Å². The minimum Gasteiger partial charge on any atom is -0.439 e. The van der Waals surface area contributed by atoms with Crippen LogP contribution in [-0.4, -0.2) is 82.8 Å². The molecule has 1 aromatic carbocycles. The smallest absolute Gasteiger partial charge is 0.248 e. The number of nitrogens with two attached hydrogens (primary N) is 1. The molecule has 2 fully saturated rings. The zero-order chi connectivity index (χ0) is 24.9. The summed E-state index contributed by atoms with van der Waals surface area (Å²) in [6.07, 6.45) is 5.03. The van der Waals surface area contributed by atoms with E-state index in [2.05, 4.69) is 33.9 Å². The van der Waals surface area contributed by atoms with Crippen LogP contribution in [0.1, 0.15) is 60.0 Å². The monoisotopic (exact) mass is 480 g/mol. The van der Waals surface area contributed by atoms with Crippen LogP contribution in [0.3, 0.4) is 0 Å². The zero-order valence-corrected chi connectivity index (χ0v) is 20.9. The molecule has 2 aromatic rings. The number of benzene rings is 1. The average molecular weight is 481 g/mol. The van der Waals surface area contributed by atoms with Crippen LogP contribution in [0.2, 0.25) is 0 Å². The summed E-state index contributed by atoms with van der Waals surface area (Å²) >= 11 is 0. The molecule has 35 heavy (non-hydrogen) atoms. The lowest BCUT2D eigenvalue weighted by atomic mass is 10.0. The number of nitrogens with zero attached hydrogens (tertiary/aromatic N) is 5. The second-order valence-electron chi connectivity index (χ2n) is 9.74. The fourth-order valence-corrected chi connectivity index (χ4v) is 4.94. The molecule has 2 aliphatic rings. The van der Waals surface area contributed by atoms with Gasteiger partial charge in [-0.15, -0.1) is 0 Å². The van der Waals surface area contributed by atoms with Crippen LogP contribution in [0, 0.1) is 6.92 Å². The number of hydrogen-bond donors (Lipinski definition) is 1. The summed E-state index contributed by atoms with van der Waals surface area (Å²) in [6, 6.07) is 8.66. The van der Waals surface area contributed by atoms with Gasteiger partial charge in [0.25, 0.3) is 0 Å². The van der Waals surface area contributed by atoms with Crippen molar-refractivity contribution in [2.45, 2.75) is 51.1 Å². The van der Waals surface area contributed by atoms with Crippen molar-refractivity contribution in [3.05, 3.63) is 47.4 Å². The van der Waals surface area contributed by atoms with E-state index in [0.717, 1.165) is 50.9 Å². The van der Waals surface area contributed by atoms with Crippen molar-refractivity contribution in [3.63, 3.8) is 0 Å².